The second-order valence-electron chi connectivity index (χ2n) is 9.94. The molecule has 1 atom stereocenters. The van der Waals surface area contributed by atoms with E-state index in [1.165, 1.54) is 40.5 Å². The van der Waals surface area contributed by atoms with Gasteiger partial charge in [0.15, 0.2) is 16.6 Å². The number of amides is 1. The van der Waals surface area contributed by atoms with Gasteiger partial charge in [0.2, 0.25) is 0 Å². The van der Waals surface area contributed by atoms with E-state index in [1.807, 2.05) is 32.9 Å². The van der Waals surface area contributed by atoms with Gasteiger partial charge in [-0.3, -0.25) is 14.5 Å². The Balaban J connectivity index is 1.70. The highest BCUT2D eigenvalue weighted by molar-refractivity contribution is 7.22. The molecular weight excluding hydrogens is 543 g/mol. The van der Waals surface area contributed by atoms with E-state index in [-0.39, 0.29) is 11.1 Å². The average molecular weight is 575 g/mol. The smallest absolute Gasteiger partial charge is 0.301 e. The highest BCUT2D eigenvalue weighted by Crippen LogP contribution is 2.46. The van der Waals surface area contributed by atoms with Crippen molar-refractivity contribution in [3.8, 4) is 11.5 Å². The molecule has 0 radical (unpaired) electrons. The van der Waals surface area contributed by atoms with Crippen molar-refractivity contribution in [1.29, 1.82) is 0 Å². The summed E-state index contributed by atoms with van der Waals surface area (Å²) in [5.41, 5.74) is 3.38. The first-order valence-corrected chi connectivity index (χ1v) is 14.4. The van der Waals surface area contributed by atoms with E-state index in [0.717, 1.165) is 34.2 Å². The summed E-state index contributed by atoms with van der Waals surface area (Å²) in [6.45, 7) is 8.76. The average Bonchev–Trinajstić information content (AvgIpc) is 3.48. The Kier molecular flexibility index (Phi) is 8.08. The van der Waals surface area contributed by atoms with Gasteiger partial charge in [-0.25, -0.2) is 9.37 Å². The molecule has 0 aliphatic carbocycles. The van der Waals surface area contributed by atoms with Crippen LogP contribution in [0.3, 0.4) is 0 Å². The number of thiazole rings is 1. The van der Waals surface area contributed by atoms with Crippen LogP contribution in [0.1, 0.15) is 55.0 Å². The number of halogens is 1. The van der Waals surface area contributed by atoms with Crippen LogP contribution in [0.5, 0.6) is 11.5 Å². The van der Waals surface area contributed by atoms with Gasteiger partial charge >= 0.3 is 5.91 Å². The third kappa shape index (κ3) is 5.41. The van der Waals surface area contributed by atoms with Gasteiger partial charge in [-0.05, 0) is 86.3 Å². The van der Waals surface area contributed by atoms with Gasteiger partial charge in [-0.1, -0.05) is 36.8 Å². The second-order valence-corrected chi connectivity index (χ2v) is 11.0. The van der Waals surface area contributed by atoms with Gasteiger partial charge in [-0.15, -0.1) is 0 Å². The quantitative estimate of drug-likeness (QED) is 0.0980. The molecule has 7 nitrogen and oxygen atoms in total. The SMILES string of the molecule is CCCCOc1ccc(C2/C(=C(\O)c3ccc(F)cc3)C(=O)C(=O)N2c2nc3c(C)cc(C)cc3s2)cc1OCC. The van der Waals surface area contributed by atoms with Gasteiger partial charge < -0.3 is 14.6 Å². The highest BCUT2D eigenvalue weighted by atomic mass is 32.1. The molecule has 2 heterocycles. The van der Waals surface area contributed by atoms with Crippen LogP contribution in [0.25, 0.3) is 16.0 Å². The molecule has 1 N–H and O–H groups in total. The van der Waals surface area contributed by atoms with Crippen molar-refractivity contribution in [2.75, 3.05) is 18.1 Å². The molecule has 1 aromatic heterocycles. The van der Waals surface area contributed by atoms with E-state index in [1.54, 1.807) is 18.2 Å². The fourth-order valence-electron chi connectivity index (χ4n) is 4.98. The Bertz CT molecular complexity index is 1660. The van der Waals surface area contributed by atoms with E-state index in [4.69, 9.17) is 14.5 Å². The molecule has 1 aliphatic rings. The number of hydrogen-bond acceptors (Lipinski definition) is 7. The maximum Gasteiger partial charge on any atom is 0.301 e. The molecule has 4 aromatic rings. The first-order chi connectivity index (χ1) is 19.7. The van der Waals surface area contributed by atoms with Crippen molar-refractivity contribution < 1.29 is 28.6 Å². The summed E-state index contributed by atoms with van der Waals surface area (Å²) in [6.07, 6.45) is 1.85. The molecular formula is C32H31FN2O5S. The Hall–Kier alpha value is -4.24. The molecule has 1 amide bonds. The number of aliphatic hydroxyl groups is 1. The molecule has 0 spiro atoms. The number of aliphatic hydroxyl groups excluding tert-OH is 1. The van der Waals surface area contributed by atoms with Crippen LogP contribution >= 0.6 is 11.3 Å². The molecule has 212 valence electrons. The number of anilines is 1. The number of benzene rings is 3. The summed E-state index contributed by atoms with van der Waals surface area (Å²) in [4.78, 5) is 33.3. The van der Waals surface area contributed by atoms with Gasteiger partial charge in [0.05, 0.1) is 35.0 Å². The van der Waals surface area contributed by atoms with Crippen LogP contribution in [-0.4, -0.2) is 35.0 Å². The normalized spacial score (nSPS) is 16.5. The van der Waals surface area contributed by atoms with E-state index < -0.39 is 29.3 Å². The molecule has 1 unspecified atom stereocenters. The van der Waals surface area contributed by atoms with Crippen molar-refractivity contribution in [3.05, 3.63) is 88.2 Å². The third-order valence-electron chi connectivity index (χ3n) is 6.93. The zero-order valence-electron chi connectivity index (χ0n) is 23.4. The lowest BCUT2D eigenvalue weighted by molar-refractivity contribution is -0.132. The first-order valence-electron chi connectivity index (χ1n) is 13.6. The second kappa shape index (κ2) is 11.7. The van der Waals surface area contributed by atoms with Crippen LogP contribution < -0.4 is 14.4 Å². The Morgan fingerprint density at radius 3 is 2.49 bits per heavy atom. The van der Waals surface area contributed by atoms with Crippen molar-refractivity contribution in [2.24, 2.45) is 0 Å². The number of Topliss-reactive ketones (excluding diaryl/α,β-unsaturated/α-hetero) is 1. The number of unbranched alkanes of at least 4 members (excludes halogenated alkanes) is 1. The number of aromatic nitrogens is 1. The predicted octanol–water partition coefficient (Wildman–Crippen LogP) is 7.26. The monoisotopic (exact) mass is 574 g/mol. The molecule has 0 saturated carbocycles. The fourth-order valence-corrected chi connectivity index (χ4v) is 6.15. The summed E-state index contributed by atoms with van der Waals surface area (Å²) >= 11 is 1.30. The maximum absolute atomic E-state index is 13.7. The lowest BCUT2D eigenvalue weighted by Crippen LogP contribution is -2.29. The van der Waals surface area contributed by atoms with Gasteiger partial charge in [-0.2, -0.15) is 0 Å². The van der Waals surface area contributed by atoms with Crippen molar-refractivity contribution >= 4 is 44.1 Å². The summed E-state index contributed by atoms with van der Waals surface area (Å²) < 4.78 is 26.4. The number of aryl methyl sites for hydroxylation is 2. The number of ketones is 1. The van der Waals surface area contributed by atoms with Crippen LogP contribution in [0.4, 0.5) is 9.52 Å². The van der Waals surface area contributed by atoms with Crippen LogP contribution in [0, 0.1) is 19.7 Å². The summed E-state index contributed by atoms with van der Waals surface area (Å²) in [6, 6.07) is 13.3. The minimum absolute atomic E-state index is 0.115. The van der Waals surface area contributed by atoms with E-state index in [9.17, 15) is 19.1 Å². The molecule has 41 heavy (non-hydrogen) atoms. The number of carbonyl (C=O) groups is 2. The standard InChI is InChI=1S/C32H31FN2O5S/c1-5-7-14-40-23-13-10-21(17-24(23)39-6-2)28-26(29(36)20-8-11-22(33)12-9-20)30(37)31(38)35(28)32-34-27-19(4)15-18(3)16-25(27)41-32/h8-13,15-17,28,36H,5-7,14H2,1-4H3/b29-26+. The highest BCUT2D eigenvalue weighted by Gasteiger charge is 2.48. The van der Waals surface area contributed by atoms with Crippen LogP contribution in [0.2, 0.25) is 0 Å². The third-order valence-corrected chi connectivity index (χ3v) is 7.93. The molecule has 9 heteroatoms. The molecule has 1 saturated heterocycles. The lowest BCUT2D eigenvalue weighted by Gasteiger charge is -2.24. The van der Waals surface area contributed by atoms with E-state index in [2.05, 4.69) is 6.92 Å². The lowest BCUT2D eigenvalue weighted by atomic mass is 9.95. The summed E-state index contributed by atoms with van der Waals surface area (Å²) in [7, 11) is 0. The number of ether oxygens (including phenoxy) is 2. The Labute approximate surface area is 241 Å². The number of carbonyl (C=O) groups excluding carboxylic acids is 2. The topological polar surface area (TPSA) is 89.0 Å². The molecule has 5 rings (SSSR count). The minimum Gasteiger partial charge on any atom is -0.507 e. The molecule has 1 fully saturated rings. The summed E-state index contributed by atoms with van der Waals surface area (Å²) in [5, 5.41) is 11.7. The maximum atomic E-state index is 13.7. The van der Waals surface area contributed by atoms with Crippen molar-refractivity contribution in [1.82, 2.24) is 4.98 Å². The summed E-state index contributed by atoms with van der Waals surface area (Å²) in [5.74, 6) is -1.54. The Morgan fingerprint density at radius 1 is 1.02 bits per heavy atom. The molecule has 0 bridgehead atoms. The first kappa shape index (κ1) is 28.3. The molecule has 3 aromatic carbocycles. The largest absolute Gasteiger partial charge is 0.507 e. The number of hydrogen-bond donors (Lipinski definition) is 1. The minimum atomic E-state index is -1.01. The van der Waals surface area contributed by atoms with E-state index >= 15 is 0 Å². The predicted molar refractivity (Wildman–Crippen MR) is 158 cm³/mol. The van der Waals surface area contributed by atoms with E-state index in [0.29, 0.717) is 35.4 Å². The van der Waals surface area contributed by atoms with Crippen molar-refractivity contribution in [2.45, 2.75) is 46.6 Å². The van der Waals surface area contributed by atoms with Gasteiger partial charge in [0, 0.05) is 5.56 Å². The van der Waals surface area contributed by atoms with Crippen LogP contribution in [0.15, 0.2) is 60.2 Å². The molecule has 1 aliphatic heterocycles. The zero-order chi connectivity index (χ0) is 29.3. The van der Waals surface area contributed by atoms with Gasteiger partial charge in [0.1, 0.15) is 11.6 Å². The number of rotatable bonds is 9. The van der Waals surface area contributed by atoms with Gasteiger partial charge in [0.25, 0.3) is 5.78 Å². The Morgan fingerprint density at radius 2 is 1.78 bits per heavy atom. The zero-order valence-corrected chi connectivity index (χ0v) is 24.2. The fraction of sp³-hybridized carbons (Fsp3) is 0.281. The van der Waals surface area contributed by atoms with Crippen molar-refractivity contribution in [3.63, 3.8) is 0 Å². The number of fused-ring (bicyclic) bond motifs is 1. The van der Waals surface area contributed by atoms with Crippen LogP contribution in [-0.2, 0) is 9.59 Å². The number of nitrogens with zero attached hydrogens (tertiary/aromatic N) is 2.